The Morgan fingerprint density at radius 2 is 1.77 bits per heavy atom. The van der Waals surface area contributed by atoms with E-state index in [0.29, 0.717) is 28.6 Å². The van der Waals surface area contributed by atoms with E-state index >= 15 is 0 Å². The standard InChI is InChI=1S/C25H23ClN2O3/c1-30-23-13-17(12-21(26)24(23)31-2)25(29)28-14-19(16-8-4-3-5-9-16)20-15-27-22-11-7-6-10-18(20)22/h3-13,15,19,27H,14H2,1-2H3,(H,28,29). The number of halogens is 1. The summed E-state index contributed by atoms with van der Waals surface area (Å²) < 4.78 is 10.6. The van der Waals surface area contributed by atoms with Crippen LogP contribution in [-0.4, -0.2) is 31.7 Å². The third kappa shape index (κ3) is 4.23. The molecule has 2 N–H and O–H groups in total. The normalized spacial score (nSPS) is 11.8. The van der Waals surface area contributed by atoms with Crippen LogP contribution < -0.4 is 14.8 Å². The molecule has 6 heteroatoms. The van der Waals surface area contributed by atoms with E-state index in [2.05, 4.69) is 28.5 Å². The first kappa shape index (κ1) is 20.8. The number of aromatic nitrogens is 1. The topological polar surface area (TPSA) is 63.3 Å². The predicted octanol–water partition coefficient (Wildman–Crippen LogP) is 5.40. The van der Waals surface area contributed by atoms with Gasteiger partial charge < -0.3 is 19.8 Å². The van der Waals surface area contributed by atoms with Gasteiger partial charge in [0, 0.05) is 35.1 Å². The number of carbonyl (C=O) groups is 1. The summed E-state index contributed by atoms with van der Waals surface area (Å²) in [5.41, 5.74) is 3.73. The number of amides is 1. The van der Waals surface area contributed by atoms with Crippen molar-refractivity contribution < 1.29 is 14.3 Å². The van der Waals surface area contributed by atoms with Gasteiger partial charge in [0.1, 0.15) is 0 Å². The lowest BCUT2D eigenvalue weighted by molar-refractivity contribution is 0.0952. The molecule has 1 amide bonds. The van der Waals surface area contributed by atoms with E-state index in [0.717, 1.165) is 22.0 Å². The molecule has 0 radical (unpaired) electrons. The minimum absolute atomic E-state index is 0.0167. The molecule has 1 heterocycles. The molecule has 4 aromatic rings. The van der Waals surface area contributed by atoms with Gasteiger partial charge in [-0.05, 0) is 29.3 Å². The van der Waals surface area contributed by atoms with Gasteiger partial charge in [0.25, 0.3) is 5.91 Å². The number of rotatable bonds is 7. The third-order valence-corrected chi connectivity index (χ3v) is 5.64. The Kier molecular flexibility index (Phi) is 6.14. The Labute approximate surface area is 186 Å². The zero-order valence-corrected chi connectivity index (χ0v) is 18.1. The Balaban J connectivity index is 1.63. The molecule has 1 unspecified atom stereocenters. The number of aromatic amines is 1. The minimum Gasteiger partial charge on any atom is -0.493 e. The summed E-state index contributed by atoms with van der Waals surface area (Å²) in [6.45, 7) is 0.427. The number of nitrogens with one attached hydrogen (secondary N) is 2. The average Bonchev–Trinajstić information content (AvgIpc) is 3.23. The lowest BCUT2D eigenvalue weighted by atomic mass is 9.91. The lowest BCUT2D eigenvalue weighted by Gasteiger charge is -2.19. The Hall–Kier alpha value is -3.44. The molecule has 0 spiro atoms. The number of H-pyrrole nitrogens is 1. The van der Waals surface area contributed by atoms with Crippen LogP contribution in [0.15, 0.2) is 72.9 Å². The van der Waals surface area contributed by atoms with Gasteiger partial charge in [0.2, 0.25) is 0 Å². The van der Waals surface area contributed by atoms with Crippen LogP contribution in [0.4, 0.5) is 0 Å². The van der Waals surface area contributed by atoms with Crippen LogP contribution in [0.5, 0.6) is 11.5 Å². The molecular weight excluding hydrogens is 412 g/mol. The second-order valence-corrected chi connectivity index (χ2v) is 7.56. The fourth-order valence-electron chi connectivity index (χ4n) is 3.82. The molecule has 0 aliphatic heterocycles. The van der Waals surface area contributed by atoms with Crippen molar-refractivity contribution in [3.8, 4) is 11.5 Å². The van der Waals surface area contributed by atoms with Crippen LogP contribution in [0.1, 0.15) is 27.4 Å². The van der Waals surface area contributed by atoms with Crippen LogP contribution in [0.25, 0.3) is 10.9 Å². The van der Waals surface area contributed by atoms with Gasteiger partial charge in [-0.2, -0.15) is 0 Å². The highest BCUT2D eigenvalue weighted by Crippen LogP contribution is 2.36. The smallest absolute Gasteiger partial charge is 0.251 e. The molecule has 3 aromatic carbocycles. The molecule has 1 aromatic heterocycles. The van der Waals surface area contributed by atoms with Gasteiger partial charge in [-0.1, -0.05) is 60.1 Å². The zero-order chi connectivity index (χ0) is 21.8. The summed E-state index contributed by atoms with van der Waals surface area (Å²) in [5, 5.41) is 4.52. The monoisotopic (exact) mass is 434 g/mol. The van der Waals surface area contributed by atoms with Crippen molar-refractivity contribution in [3.63, 3.8) is 0 Å². The van der Waals surface area contributed by atoms with Crippen molar-refractivity contribution in [2.75, 3.05) is 20.8 Å². The van der Waals surface area contributed by atoms with E-state index in [4.69, 9.17) is 21.1 Å². The highest BCUT2D eigenvalue weighted by molar-refractivity contribution is 6.32. The third-order valence-electron chi connectivity index (χ3n) is 5.36. The summed E-state index contributed by atoms with van der Waals surface area (Å²) in [6.07, 6.45) is 2.02. The van der Waals surface area contributed by atoms with Crippen molar-refractivity contribution >= 4 is 28.4 Å². The number of hydrogen-bond acceptors (Lipinski definition) is 3. The first-order chi connectivity index (χ1) is 15.1. The van der Waals surface area contributed by atoms with Gasteiger partial charge in [-0.3, -0.25) is 4.79 Å². The predicted molar refractivity (Wildman–Crippen MR) is 123 cm³/mol. The quantitative estimate of drug-likeness (QED) is 0.409. The molecule has 5 nitrogen and oxygen atoms in total. The summed E-state index contributed by atoms with van der Waals surface area (Å²) in [7, 11) is 3.02. The molecule has 0 bridgehead atoms. The molecular formula is C25H23ClN2O3. The van der Waals surface area contributed by atoms with Gasteiger partial charge in [0.05, 0.1) is 19.2 Å². The van der Waals surface area contributed by atoms with E-state index in [1.165, 1.54) is 14.2 Å². The maximum Gasteiger partial charge on any atom is 0.251 e. The fourth-order valence-corrected chi connectivity index (χ4v) is 4.11. The molecule has 0 saturated carbocycles. The highest BCUT2D eigenvalue weighted by atomic mass is 35.5. The fraction of sp³-hybridized carbons (Fsp3) is 0.160. The van der Waals surface area contributed by atoms with E-state index < -0.39 is 0 Å². The maximum absolute atomic E-state index is 13.0. The number of methoxy groups -OCH3 is 2. The summed E-state index contributed by atoms with van der Waals surface area (Å²) >= 11 is 6.27. The number of carbonyl (C=O) groups excluding carboxylic acids is 1. The van der Waals surface area contributed by atoms with Crippen molar-refractivity contribution in [1.82, 2.24) is 10.3 Å². The number of benzene rings is 3. The second kappa shape index (κ2) is 9.14. The number of fused-ring (bicyclic) bond motifs is 1. The molecule has 4 rings (SSSR count). The first-order valence-corrected chi connectivity index (χ1v) is 10.3. The number of para-hydroxylation sites is 1. The summed E-state index contributed by atoms with van der Waals surface area (Å²) in [6, 6.07) is 21.5. The van der Waals surface area contributed by atoms with Crippen molar-refractivity contribution in [2.24, 2.45) is 0 Å². The Morgan fingerprint density at radius 1 is 1.03 bits per heavy atom. The largest absolute Gasteiger partial charge is 0.493 e. The van der Waals surface area contributed by atoms with Crippen LogP contribution >= 0.6 is 11.6 Å². The Bertz CT molecular complexity index is 1200. The van der Waals surface area contributed by atoms with E-state index in [-0.39, 0.29) is 11.8 Å². The van der Waals surface area contributed by atoms with Crippen molar-refractivity contribution in [1.29, 1.82) is 0 Å². The van der Waals surface area contributed by atoms with Gasteiger partial charge in [0.15, 0.2) is 11.5 Å². The van der Waals surface area contributed by atoms with Crippen LogP contribution in [0.2, 0.25) is 5.02 Å². The minimum atomic E-state index is -0.233. The second-order valence-electron chi connectivity index (χ2n) is 7.16. The molecule has 0 fully saturated rings. The van der Waals surface area contributed by atoms with E-state index in [1.807, 2.05) is 42.6 Å². The van der Waals surface area contributed by atoms with Crippen LogP contribution in [0.3, 0.4) is 0 Å². The SMILES string of the molecule is COc1cc(C(=O)NCC(c2ccccc2)c2c[nH]c3ccccc23)cc(Cl)c1OC. The van der Waals surface area contributed by atoms with Gasteiger partial charge in [-0.25, -0.2) is 0 Å². The Morgan fingerprint density at radius 3 is 2.52 bits per heavy atom. The van der Waals surface area contributed by atoms with Gasteiger partial charge in [-0.15, -0.1) is 0 Å². The van der Waals surface area contributed by atoms with Crippen LogP contribution in [-0.2, 0) is 0 Å². The van der Waals surface area contributed by atoms with Crippen LogP contribution in [0, 0.1) is 0 Å². The molecule has 0 aliphatic carbocycles. The first-order valence-electron chi connectivity index (χ1n) is 9.93. The summed E-state index contributed by atoms with van der Waals surface area (Å²) in [5.74, 6) is 0.568. The molecule has 158 valence electrons. The maximum atomic E-state index is 13.0. The lowest BCUT2D eigenvalue weighted by Crippen LogP contribution is -2.29. The zero-order valence-electron chi connectivity index (χ0n) is 17.3. The van der Waals surface area contributed by atoms with Gasteiger partial charge >= 0.3 is 0 Å². The number of ether oxygens (including phenoxy) is 2. The molecule has 0 saturated heterocycles. The van der Waals surface area contributed by atoms with E-state index in [1.54, 1.807) is 12.1 Å². The number of hydrogen-bond donors (Lipinski definition) is 2. The summed E-state index contributed by atoms with van der Waals surface area (Å²) in [4.78, 5) is 16.3. The average molecular weight is 435 g/mol. The van der Waals surface area contributed by atoms with E-state index in [9.17, 15) is 4.79 Å². The molecule has 0 aliphatic rings. The molecule has 31 heavy (non-hydrogen) atoms. The van der Waals surface area contributed by atoms with Crippen molar-refractivity contribution in [2.45, 2.75) is 5.92 Å². The van der Waals surface area contributed by atoms with Crippen molar-refractivity contribution in [3.05, 3.63) is 94.6 Å². The molecule has 1 atom stereocenters. The highest BCUT2D eigenvalue weighted by Gasteiger charge is 2.20.